The normalized spacial score (nSPS) is 19.6. The van der Waals surface area contributed by atoms with Crippen LogP contribution in [0.4, 0.5) is 5.69 Å². The summed E-state index contributed by atoms with van der Waals surface area (Å²) in [7, 11) is -3.75. The minimum absolute atomic E-state index is 0.149. The second kappa shape index (κ2) is 9.24. The molecule has 1 atom stereocenters. The fourth-order valence-corrected chi connectivity index (χ4v) is 7.48. The Morgan fingerprint density at radius 3 is 2.74 bits per heavy atom. The molecule has 1 saturated carbocycles. The van der Waals surface area contributed by atoms with Gasteiger partial charge in [0.05, 0.1) is 15.7 Å². The van der Waals surface area contributed by atoms with E-state index in [4.69, 9.17) is 4.52 Å². The van der Waals surface area contributed by atoms with Crippen molar-refractivity contribution in [3.63, 3.8) is 0 Å². The van der Waals surface area contributed by atoms with E-state index >= 15 is 0 Å². The maximum Gasteiger partial charge on any atom is 0.244 e. The molecular formula is C24H28N4O4S2. The summed E-state index contributed by atoms with van der Waals surface area (Å²) >= 11 is 1.35. The Labute approximate surface area is 203 Å². The number of thiophene rings is 1. The first-order chi connectivity index (χ1) is 16.3. The number of carbonyl (C=O) groups is 1. The molecule has 1 unspecified atom stereocenters. The number of benzene rings is 1. The van der Waals surface area contributed by atoms with Crippen LogP contribution in [0.25, 0.3) is 10.7 Å². The summed E-state index contributed by atoms with van der Waals surface area (Å²) in [6, 6.07) is 9.23. The van der Waals surface area contributed by atoms with Crippen LogP contribution in [0.5, 0.6) is 0 Å². The quantitative estimate of drug-likeness (QED) is 0.525. The van der Waals surface area contributed by atoms with Gasteiger partial charge in [-0.15, -0.1) is 11.3 Å². The van der Waals surface area contributed by atoms with Crippen LogP contribution in [-0.4, -0.2) is 41.9 Å². The van der Waals surface area contributed by atoms with Gasteiger partial charge in [0, 0.05) is 29.6 Å². The smallest absolute Gasteiger partial charge is 0.244 e. The molecule has 0 spiro atoms. The largest absolute Gasteiger partial charge is 0.339 e. The van der Waals surface area contributed by atoms with Crippen molar-refractivity contribution in [1.82, 2.24) is 14.4 Å². The summed E-state index contributed by atoms with van der Waals surface area (Å²) < 4.78 is 33.9. The number of sulfonamides is 1. The highest BCUT2D eigenvalue weighted by Gasteiger charge is 2.35. The average molecular weight is 501 g/mol. The SMILES string of the molecule is Cc1cccc(NC(=O)C2CCCN(S(=O)(=O)c3cc(-c4noc(C5CCC5)n4)sc3C)C2)c1. The first-order valence-corrected chi connectivity index (χ1v) is 13.9. The predicted octanol–water partition coefficient (Wildman–Crippen LogP) is 4.72. The molecule has 34 heavy (non-hydrogen) atoms. The third-order valence-corrected chi connectivity index (χ3v) is 9.81. The molecule has 180 valence electrons. The topological polar surface area (TPSA) is 105 Å². The lowest BCUT2D eigenvalue weighted by molar-refractivity contribution is -0.120. The third kappa shape index (κ3) is 4.54. The fourth-order valence-electron chi connectivity index (χ4n) is 4.47. The summed E-state index contributed by atoms with van der Waals surface area (Å²) in [6.07, 6.45) is 4.57. The molecule has 0 radical (unpaired) electrons. The van der Waals surface area contributed by atoms with Gasteiger partial charge < -0.3 is 9.84 Å². The standard InChI is InChI=1S/C24H28N4O4S2/c1-15-6-3-10-19(12-15)25-23(29)18-9-5-11-28(14-18)34(30,31)21-13-20(33-16(21)2)22-26-24(32-27-22)17-7-4-8-17/h3,6,10,12-13,17-18H,4-5,7-9,11,14H2,1-2H3,(H,25,29). The molecule has 1 aliphatic carbocycles. The molecule has 1 aliphatic heterocycles. The number of piperidine rings is 1. The molecule has 3 aromatic rings. The Balaban J connectivity index is 1.32. The van der Waals surface area contributed by atoms with E-state index < -0.39 is 15.9 Å². The first-order valence-electron chi connectivity index (χ1n) is 11.6. The van der Waals surface area contributed by atoms with E-state index in [9.17, 15) is 13.2 Å². The third-order valence-electron chi connectivity index (χ3n) is 6.65. The molecule has 2 aliphatic rings. The zero-order valence-electron chi connectivity index (χ0n) is 19.3. The minimum atomic E-state index is -3.75. The Hall–Kier alpha value is -2.56. The van der Waals surface area contributed by atoms with Gasteiger partial charge >= 0.3 is 0 Å². The van der Waals surface area contributed by atoms with Crippen molar-refractivity contribution < 1.29 is 17.7 Å². The van der Waals surface area contributed by atoms with Crippen LogP contribution < -0.4 is 5.32 Å². The number of anilines is 1. The van der Waals surface area contributed by atoms with Gasteiger partial charge in [-0.2, -0.15) is 9.29 Å². The highest BCUT2D eigenvalue weighted by Crippen LogP contribution is 2.38. The molecule has 1 N–H and O–H groups in total. The van der Waals surface area contributed by atoms with Crippen LogP contribution in [0.2, 0.25) is 0 Å². The fraction of sp³-hybridized carbons (Fsp3) is 0.458. The summed E-state index contributed by atoms with van der Waals surface area (Å²) in [5.74, 6) is 0.843. The van der Waals surface area contributed by atoms with E-state index in [0.29, 0.717) is 46.8 Å². The number of hydrogen-bond donors (Lipinski definition) is 1. The van der Waals surface area contributed by atoms with Crippen LogP contribution in [-0.2, 0) is 14.8 Å². The van der Waals surface area contributed by atoms with Gasteiger partial charge in [-0.05, 0) is 63.3 Å². The highest BCUT2D eigenvalue weighted by atomic mass is 32.2. The second-order valence-corrected chi connectivity index (χ2v) is 12.3. The van der Waals surface area contributed by atoms with Crippen LogP contribution in [0.3, 0.4) is 0 Å². The van der Waals surface area contributed by atoms with Crippen LogP contribution in [0.15, 0.2) is 39.8 Å². The van der Waals surface area contributed by atoms with E-state index in [1.165, 1.54) is 22.1 Å². The zero-order chi connectivity index (χ0) is 23.9. The van der Waals surface area contributed by atoms with E-state index in [2.05, 4.69) is 15.5 Å². The van der Waals surface area contributed by atoms with Crippen molar-refractivity contribution in [2.24, 2.45) is 5.92 Å². The van der Waals surface area contributed by atoms with Gasteiger partial charge in [-0.3, -0.25) is 4.79 Å². The van der Waals surface area contributed by atoms with Gasteiger partial charge in [-0.1, -0.05) is 23.7 Å². The number of rotatable bonds is 6. The van der Waals surface area contributed by atoms with Crippen molar-refractivity contribution in [1.29, 1.82) is 0 Å². The Morgan fingerprint density at radius 2 is 2.00 bits per heavy atom. The van der Waals surface area contributed by atoms with Gasteiger partial charge in [0.1, 0.15) is 0 Å². The maximum absolute atomic E-state index is 13.5. The Kier molecular flexibility index (Phi) is 6.30. The number of carbonyl (C=O) groups excluding carboxylic acids is 1. The average Bonchev–Trinajstić information content (AvgIpc) is 3.40. The Morgan fingerprint density at radius 1 is 1.18 bits per heavy atom. The highest BCUT2D eigenvalue weighted by molar-refractivity contribution is 7.89. The van der Waals surface area contributed by atoms with Crippen molar-refractivity contribution in [3.8, 4) is 10.7 Å². The molecule has 2 aromatic heterocycles. The first kappa shape index (κ1) is 23.2. The number of aryl methyl sites for hydroxylation is 2. The molecule has 2 fully saturated rings. The van der Waals surface area contributed by atoms with Gasteiger partial charge in [0.15, 0.2) is 0 Å². The molecular weight excluding hydrogens is 472 g/mol. The van der Waals surface area contributed by atoms with Crippen molar-refractivity contribution in [2.45, 2.75) is 56.8 Å². The number of aromatic nitrogens is 2. The lowest BCUT2D eigenvalue weighted by Gasteiger charge is -2.31. The van der Waals surface area contributed by atoms with Crippen LogP contribution in [0.1, 0.15) is 54.4 Å². The molecule has 3 heterocycles. The number of hydrogen-bond acceptors (Lipinski definition) is 7. The molecule has 1 aromatic carbocycles. The second-order valence-electron chi connectivity index (χ2n) is 9.18. The Bertz CT molecular complexity index is 1310. The number of nitrogens with zero attached hydrogens (tertiary/aromatic N) is 3. The molecule has 10 heteroatoms. The van der Waals surface area contributed by atoms with Gasteiger partial charge in [0.2, 0.25) is 27.6 Å². The summed E-state index contributed by atoms with van der Waals surface area (Å²) in [5, 5.41) is 7.02. The summed E-state index contributed by atoms with van der Waals surface area (Å²) in [5.41, 5.74) is 1.78. The van der Waals surface area contributed by atoms with Crippen LogP contribution >= 0.6 is 11.3 Å². The molecule has 0 bridgehead atoms. The summed E-state index contributed by atoms with van der Waals surface area (Å²) in [4.78, 5) is 19.0. The number of amides is 1. The van der Waals surface area contributed by atoms with Crippen molar-refractivity contribution in [3.05, 3.63) is 46.7 Å². The number of nitrogens with one attached hydrogen (secondary N) is 1. The monoisotopic (exact) mass is 500 g/mol. The van der Waals surface area contributed by atoms with Crippen molar-refractivity contribution in [2.75, 3.05) is 18.4 Å². The molecule has 5 rings (SSSR count). The zero-order valence-corrected chi connectivity index (χ0v) is 20.9. The lowest BCUT2D eigenvalue weighted by Crippen LogP contribution is -2.43. The van der Waals surface area contributed by atoms with E-state index in [1.54, 1.807) is 13.0 Å². The molecule has 1 amide bonds. The lowest BCUT2D eigenvalue weighted by atomic mass is 9.85. The minimum Gasteiger partial charge on any atom is -0.339 e. The molecule has 8 nitrogen and oxygen atoms in total. The van der Waals surface area contributed by atoms with Crippen LogP contribution in [0, 0.1) is 19.8 Å². The van der Waals surface area contributed by atoms with Gasteiger partial charge in [0.25, 0.3) is 0 Å². The van der Waals surface area contributed by atoms with Gasteiger partial charge in [-0.25, -0.2) is 8.42 Å². The van der Waals surface area contributed by atoms with E-state index in [0.717, 1.165) is 24.1 Å². The summed E-state index contributed by atoms with van der Waals surface area (Å²) in [6.45, 7) is 4.32. The van der Waals surface area contributed by atoms with Crippen molar-refractivity contribution >= 4 is 33.0 Å². The predicted molar refractivity (Wildman–Crippen MR) is 130 cm³/mol. The molecule has 1 saturated heterocycles. The van der Waals surface area contributed by atoms with E-state index in [-0.39, 0.29) is 17.3 Å². The van der Waals surface area contributed by atoms with E-state index in [1.807, 2.05) is 31.2 Å². The maximum atomic E-state index is 13.5.